The first-order valence-corrected chi connectivity index (χ1v) is 5.43. The number of halogens is 1. The summed E-state index contributed by atoms with van der Waals surface area (Å²) in [5, 5.41) is 0. The van der Waals surface area contributed by atoms with Gasteiger partial charge in [-0.3, -0.25) is 0 Å². The summed E-state index contributed by atoms with van der Waals surface area (Å²) >= 11 is 0. The third kappa shape index (κ3) is 3.98. The van der Waals surface area contributed by atoms with Gasteiger partial charge < -0.3 is 10.6 Å². The van der Waals surface area contributed by atoms with Crippen LogP contribution in [0.5, 0.6) is 0 Å². The molecule has 84 valence electrons. The summed E-state index contributed by atoms with van der Waals surface area (Å²) in [6, 6.07) is 6.94. The van der Waals surface area contributed by atoms with Gasteiger partial charge in [-0.1, -0.05) is 25.1 Å². The highest BCUT2D eigenvalue weighted by atomic mass is 19.1. The maximum absolute atomic E-state index is 13.3. The van der Waals surface area contributed by atoms with Crippen molar-refractivity contribution < 1.29 is 4.39 Å². The molecule has 0 bridgehead atoms. The molecular weight excluding hydrogens is 191 g/mol. The van der Waals surface area contributed by atoms with E-state index >= 15 is 0 Å². The van der Waals surface area contributed by atoms with Crippen LogP contribution in [0, 0.1) is 5.82 Å². The lowest BCUT2D eigenvalue weighted by Gasteiger charge is -2.19. The highest BCUT2D eigenvalue weighted by Crippen LogP contribution is 2.07. The Morgan fingerprint density at radius 2 is 2.00 bits per heavy atom. The van der Waals surface area contributed by atoms with Gasteiger partial charge in [0.05, 0.1) is 0 Å². The first kappa shape index (κ1) is 12.1. The minimum Gasteiger partial charge on any atom is -0.329 e. The topological polar surface area (TPSA) is 29.3 Å². The Labute approximate surface area is 90.9 Å². The second-order valence-electron chi connectivity index (χ2n) is 3.56. The normalized spacial score (nSPS) is 10.9. The zero-order chi connectivity index (χ0) is 11.1. The van der Waals surface area contributed by atoms with Crippen molar-refractivity contribution in [3.8, 4) is 0 Å². The Morgan fingerprint density at radius 1 is 1.27 bits per heavy atom. The van der Waals surface area contributed by atoms with E-state index in [-0.39, 0.29) is 5.82 Å². The molecule has 2 N–H and O–H groups in total. The van der Waals surface area contributed by atoms with Crippen LogP contribution in [0.2, 0.25) is 0 Å². The molecule has 0 spiro atoms. The highest BCUT2D eigenvalue weighted by Gasteiger charge is 2.04. The van der Waals surface area contributed by atoms with E-state index in [0.717, 1.165) is 31.6 Å². The fraction of sp³-hybridized carbons (Fsp3) is 0.500. The zero-order valence-corrected chi connectivity index (χ0v) is 9.25. The van der Waals surface area contributed by atoms with Crippen molar-refractivity contribution in [3.05, 3.63) is 35.6 Å². The van der Waals surface area contributed by atoms with E-state index in [9.17, 15) is 4.39 Å². The number of hydrogen-bond acceptors (Lipinski definition) is 2. The SMILES string of the molecule is CCN(CCN)CCc1ccccc1F. The number of rotatable bonds is 6. The van der Waals surface area contributed by atoms with Crippen LogP contribution in [-0.4, -0.2) is 31.1 Å². The Balaban J connectivity index is 2.45. The van der Waals surface area contributed by atoms with Crippen LogP contribution in [0.1, 0.15) is 12.5 Å². The second kappa shape index (κ2) is 6.53. The van der Waals surface area contributed by atoms with Gasteiger partial charge in [-0.15, -0.1) is 0 Å². The first-order chi connectivity index (χ1) is 7.27. The standard InChI is InChI=1S/C12H19FN2/c1-2-15(10-8-14)9-7-11-5-3-4-6-12(11)13/h3-6H,2,7-10,14H2,1H3. The number of likely N-dealkylation sites (N-methyl/N-ethyl adjacent to an activating group) is 1. The number of nitrogens with two attached hydrogens (primary N) is 1. The summed E-state index contributed by atoms with van der Waals surface area (Å²) in [5.41, 5.74) is 6.27. The third-order valence-corrected chi connectivity index (χ3v) is 2.55. The Bertz CT molecular complexity index is 289. The third-order valence-electron chi connectivity index (χ3n) is 2.55. The largest absolute Gasteiger partial charge is 0.329 e. The van der Waals surface area contributed by atoms with Crippen LogP contribution < -0.4 is 5.73 Å². The fourth-order valence-electron chi connectivity index (χ4n) is 1.59. The van der Waals surface area contributed by atoms with E-state index in [1.54, 1.807) is 6.07 Å². The van der Waals surface area contributed by atoms with E-state index < -0.39 is 0 Å². The molecule has 3 heteroatoms. The molecule has 0 saturated heterocycles. The number of hydrogen-bond donors (Lipinski definition) is 1. The van der Waals surface area contributed by atoms with Crippen molar-refractivity contribution in [1.29, 1.82) is 0 Å². The smallest absolute Gasteiger partial charge is 0.126 e. The Kier molecular flexibility index (Phi) is 5.29. The summed E-state index contributed by atoms with van der Waals surface area (Å²) in [5.74, 6) is -0.110. The average molecular weight is 210 g/mol. The van der Waals surface area contributed by atoms with Crippen LogP contribution in [0.25, 0.3) is 0 Å². The number of benzene rings is 1. The lowest BCUT2D eigenvalue weighted by Crippen LogP contribution is -2.31. The summed E-state index contributed by atoms with van der Waals surface area (Å²) in [6.07, 6.45) is 0.751. The summed E-state index contributed by atoms with van der Waals surface area (Å²) in [7, 11) is 0. The van der Waals surface area contributed by atoms with Gasteiger partial charge in [0.1, 0.15) is 5.82 Å². The monoisotopic (exact) mass is 210 g/mol. The van der Waals surface area contributed by atoms with Crippen molar-refractivity contribution >= 4 is 0 Å². The highest BCUT2D eigenvalue weighted by molar-refractivity contribution is 5.17. The van der Waals surface area contributed by atoms with Crippen LogP contribution in [0.4, 0.5) is 4.39 Å². The molecule has 1 aromatic carbocycles. The molecule has 0 aliphatic heterocycles. The minimum absolute atomic E-state index is 0.110. The molecule has 1 aromatic rings. The molecule has 0 heterocycles. The van der Waals surface area contributed by atoms with Crippen LogP contribution in [0.3, 0.4) is 0 Å². The van der Waals surface area contributed by atoms with E-state index in [1.807, 2.05) is 12.1 Å². The molecule has 0 aliphatic rings. The van der Waals surface area contributed by atoms with Crippen molar-refractivity contribution in [2.45, 2.75) is 13.3 Å². The lowest BCUT2D eigenvalue weighted by molar-refractivity contribution is 0.299. The van der Waals surface area contributed by atoms with Gasteiger partial charge in [0.2, 0.25) is 0 Å². The van der Waals surface area contributed by atoms with E-state index in [0.29, 0.717) is 6.54 Å². The van der Waals surface area contributed by atoms with Crippen LogP contribution in [0.15, 0.2) is 24.3 Å². The molecule has 2 nitrogen and oxygen atoms in total. The molecule has 0 fully saturated rings. The predicted molar refractivity (Wildman–Crippen MR) is 61.3 cm³/mol. The molecule has 15 heavy (non-hydrogen) atoms. The van der Waals surface area contributed by atoms with Crippen LogP contribution >= 0.6 is 0 Å². The van der Waals surface area contributed by atoms with Crippen molar-refractivity contribution in [3.63, 3.8) is 0 Å². The summed E-state index contributed by atoms with van der Waals surface area (Å²) in [4.78, 5) is 2.23. The van der Waals surface area contributed by atoms with Gasteiger partial charge in [0.25, 0.3) is 0 Å². The van der Waals surface area contributed by atoms with Gasteiger partial charge in [0.15, 0.2) is 0 Å². The molecule has 0 aliphatic carbocycles. The second-order valence-corrected chi connectivity index (χ2v) is 3.56. The maximum atomic E-state index is 13.3. The van der Waals surface area contributed by atoms with Crippen molar-refractivity contribution in [2.75, 3.05) is 26.2 Å². The number of nitrogens with zero attached hydrogens (tertiary/aromatic N) is 1. The van der Waals surface area contributed by atoms with Crippen molar-refractivity contribution in [1.82, 2.24) is 4.90 Å². The zero-order valence-electron chi connectivity index (χ0n) is 9.25. The molecule has 1 rings (SSSR count). The van der Waals surface area contributed by atoms with Crippen LogP contribution in [-0.2, 0) is 6.42 Å². The molecule has 0 radical (unpaired) electrons. The molecular formula is C12H19FN2. The van der Waals surface area contributed by atoms with Gasteiger partial charge in [-0.05, 0) is 24.6 Å². The Morgan fingerprint density at radius 3 is 2.60 bits per heavy atom. The molecule has 0 aromatic heterocycles. The van der Waals surface area contributed by atoms with E-state index in [1.165, 1.54) is 6.07 Å². The minimum atomic E-state index is -0.110. The summed E-state index contributed by atoms with van der Waals surface area (Å²) < 4.78 is 13.3. The van der Waals surface area contributed by atoms with Gasteiger partial charge in [0, 0.05) is 19.6 Å². The maximum Gasteiger partial charge on any atom is 0.126 e. The first-order valence-electron chi connectivity index (χ1n) is 5.43. The quantitative estimate of drug-likeness (QED) is 0.773. The van der Waals surface area contributed by atoms with E-state index in [4.69, 9.17) is 5.73 Å². The summed E-state index contributed by atoms with van der Waals surface area (Å²) in [6.45, 7) is 5.47. The van der Waals surface area contributed by atoms with E-state index in [2.05, 4.69) is 11.8 Å². The molecule has 0 saturated carbocycles. The lowest BCUT2D eigenvalue weighted by atomic mass is 10.1. The predicted octanol–water partition coefficient (Wildman–Crippen LogP) is 1.65. The molecule has 0 unspecified atom stereocenters. The Hall–Kier alpha value is -0.930. The van der Waals surface area contributed by atoms with Crippen molar-refractivity contribution in [2.24, 2.45) is 5.73 Å². The molecule has 0 amide bonds. The fourth-order valence-corrected chi connectivity index (χ4v) is 1.59. The average Bonchev–Trinajstić information content (AvgIpc) is 2.26. The molecule has 0 atom stereocenters. The van der Waals surface area contributed by atoms with Gasteiger partial charge in [-0.25, -0.2) is 4.39 Å². The van der Waals surface area contributed by atoms with Gasteiger partial charge in [-0.2, -0.15) is 0 Å². The van der Waals surface area contributed by atoms with Gasteiger partial charge >= 0.3 is 0 Å².